The van der Waals surface area contributed by atoms with Gasteiger partial charge in [0.1, 0.15) is 22.3 Å². The van der Waals surface area contributed by atoms with Gasteiger partial charge in [0, 0.05) is 24.3 Å². The lowest BCUT2D eigenvalue weighted by Gasteiger charge is -2.19. The molecule has 0 bridgehead atoms. The number of nitrogens with zero attached hydrogens (tertiary/aromatic N) is 1. The van der Waals surface area contributed by atoms with E-state index in [1.807, 2.05) is 12.1 Å². The Bertz CT molecular complexity index is 984. The standard InChI is InChI=1S/C19H23N5O3S/c20-14-5-2-6-15(14)23-16-8-12-9-21-19(25)17(12)18(24-16)22-13-4-1-3-11(7-13)10-28(26)27/h1,3-4,7-8,14-15,28H,2,5-6,9-10,20H2,(H,21,25)(H2,22,23,24)/t14-,15+/m0/s1. The molecule has 0 unspecified atom stereocenters. The molecule has 1 saturated carbocycles. The fourth-order valence-electron chi connectivity index (χ4n) is 3.81. The number of hydrogen-bond donors (Lipinski definition) is 5. The smallest absolute Gasteiger partial charge is 0.255 e. The molecule has 2 atom stereocenters. The average Bonchev–Trinajstić information content (AvgIpc) is 3.21. The maximum atomic E-state index is 12.3. The van der Waals surface area contributed by atoms with E-state index >= 15 is 0 Å². The molecule has 2 aromatic rings. The van der Waals surface area contributed by atoms with Gasteiger partial charge in [0.15, 0.2) is 0 Å². The van der Waals surface area contributed by atoms with Crippen LogP contribution in [0, 0.1) is 0 Å². The Morgan fingerprint density at radius 1 is 1.25 bits per heavy atom. The number of hydrogen-bond acceptors (Lipinski definition) is 7. The minimum atomic E-state index is -2.51. The Morgan fingerprint density at radius 3 is 2.86 bits per heavy atom. The van der Waals surface area contributed by atoms with E-state index < -0.39 is 10.7 Å². The van der Waals surface area contributed by atoms with Crippen LogP contribution in [0.15, 0.2) is 30.3 Å². The minimum Gasteiger partial charge on any atom is -0.366 e. The van der Waals surface area contributed by atoms with Gasteiger partial charge in [-0.15, -0.1) is 0 Å². The third-order valence-corrected chi connectivity index (χ3v) is 5.80. The van der Waals surface area contributed by atoms with E-state index in [1.54, 1.807) is 18.2 Å². The lowest BCUT2D eigenvalue weighted by atomic mass is 10.1. The Kier molecular flexibility index (Phi) is 5.19. The number of nitrogens with one attached hydrogen (secondary N) is 3. The maximum Gasteiger partial charge on any atom is 0.255 e. The number of pyridine rings is 1. The van der Waals surface area contributed by atoms with E-state index in [-0.39, 0.29) is 23.7 Å². The molecule has 1 aromatic carbocycles. The lowest BCUT2D eigenvalue weighted by Crippen LogP contribution is -2.35. The van der Waals surface area contributed by atoms with Crippen molar-refractivity contribution in [3.63, 3.8) is 0 Å². The number of nitrogens with two attached hydrogens (primary N) is 1. The second-order valence-corrected chi connectivity index (χ2v) is 8.22. The van der Waals surface area contributed by atoms with Crippen LogP contribution in [-0.2, 0) is 23.0 Å². The number of anilines is 3. The van der Waals surface area contributed by atoms with E-state index in [2.05, 4.69) is 20.9 Å². The minimum absolute atomic E-state index is 0.0297. The van der Waals surface area contributed by atoms with Crippen molar-refractivity contribution in [2.75, 3.05) is 10.6 Å². The Morgan fingerprint density at radius 2 is 2.11 bits per heavy atom. The predicted molar refractivity (Wildman–Crippen MR) is 108 cm³/mol. The summed E-state index contributed by atoms with van der Waals surface area (Å²) >= 11 is 0. The highest BCUT2D eigenvalue weighted by Gasteiger charge is 2.28. The molecule has 5 N–H and O–H groups in total. The van der Waals surface area contributed by atoms with Gasteiger partial charge in [0.05, 0.1) is 11.3 Å². The van der Waals surface area contributed by atoms with Gasteiger partial charge in [-0.05, 0) is 48.6 Å². The number of thiol groups is 1. The zero-order valence-electron chi connectivity index (χ0n) is 15.3. The SMILES string of the molecule is N[C@H]1CCC[C@H]1Nc1cc2c(c(Nc3cccc(C[SH](=O)=O)c3)n1)C(=O)NC2. The number of fused-ring (bicyclic) bond motifs is 1. The van der Waals surface area contributed by atoms with Gasteiger partial charge >= 0.3 is 0 Å². The van der Waals surface area contributed by atoms with Crippen molar-refractivity contribution in [3.05, 3.63) is 47.0 Å². The van der Waals surface area contributed by atoms with Crippen LogP contribution < -0.4 is 21.7 Å². The van der Waals surface area contributed by atoms with E-state index in [0.717, 1.165) is 24.8 Å². The molecular weight excluding hydrogens is 378 g/mol. The third kappa shape index (κ3) is 3.95. The molecule has 1 fully saturated rings. The second-order valence-electron chi connectivity index (χ2n) is 7.23. The molecule has 0 spiro atoms. The molecule has 9 heteroatoms. The number of amides is 1. The molecule has 0 radical (unpaired) electrons. The molecule has 28 heavy (non-hydrogen) atoms. The fourth-order valence-corrected chi connectivity index (χ4v) is 4.30. The zero-order valence-corrected chi connectivity index (χ0v) is 16.2. The predicted octanol–water partition coefficient (Wildman–Crippen LogP) is 1.47. The van der Waals surface area contributed by atoms with Crippen molar-refractivity contribution in [1.29, 1.82) is 0 Å². The first-order chi connectivity index (χ1) is 13.5. The number of rotatable bonds is 6. The summed E-state index contributed by atoms with van der Waals surface area (Å²) < 4.78 is 22.0. The van der Waals surface area contributed by atoms with Gasteiger partial charge in [0.2, 0.25) is 0 Å². The molecule has 148 valence electrons. The van der Waals surface area contributed by atoms with Crippen LogP contribution in [0.3, 0.4) is 0 Å². The summed E-state index contributed by atoms with van der Waals surface area (Å²) in [5.41, 5.74) is 8.90. The molecule has 0 saturated heterocycles. The zero-order chi connectivity index (χ0) is 19.7. The van der Waals surface area contributed by atoms with E-state index in [4.69, 9.17) is 5.73 Å². The van der Waals surface area contributed by atoms with Crippen molar-refractivity contribution < 1.29 is 13.2 Å². The molecule has 1 aliphatic carbocycles. The summed E-state index contributed by atoms with van der Waals surface area (Å²) in [4.78, 5) is 16.9. The van der Waals surface area contributed by atoms with Crippen molar-refractivity contribution in [2.24, 2.45) is 5.73 Å². The van der Waals surface area contributed by atoms with Crippen LogP contribution in [0.4, 0.5) is 17.3 Å². The van der Waals surface area contributed by atoms with Crippen molar-refractivity contribution >= 4 is 33.9 Å². The summed E-state index contributed by atoms with van der Waals surface area (Å²) in [6, 6.07) is 9.24. The van der Waals surface area contributed by atoms with Crippen LogP contribution in [0.25, 0.3) is 0 Å². The van der Waals surface area contributed by atoms with Crippen LogP contribution in [0.2, 0.25) is 0 Å². The monoisotopic (exact) mass is 401 g/mol. The summed E-state index contributed by atoms with van der Waals surface area (Å²) in [5.74, 6) is 0.926. The molecule has 1 amide bonds. The van der Waals surface area contributed by atoms with Gasteiger partial charge in [0.25, 0.3) is 5.91 Å². The first kappa shape index (κ1) is 18.7. The third-order valence-electron chi connectivity index (χ3n) is 5.17. The van der Waals surface area contributed by atoms with Crippen LogP contribution in [-0.4, -0.2) is 31.4 Å². The topological polar surface area (TPSA) is 126 Å². The van der Waals surface area contributed by atoms with Crippen molar-refractivity contribution in [2.45, 2.75) is 43.6 Å². The highest BCUT2D eigenvalue weighted by Crippen LogP contribution is 2.30. The second kappa shape index (κ2) is 7.76. The van der Waals surface area contributed by atoms with Crippen LogP contribution in [0.5, 0.6) is 0 Å². The fraction of sp³-hybridized carbons (Fsp3) is 0.368. The normalized spacial score (nSPS) is 20.9. The Labute approximate surface area is 164 Å². The highest BCUT2D eigenvalue weighted by atomic mass is 32.2. The van der Waals surface area contributed by atoms with Crippen molar-refractivity contribution in [3.8, 4) is 0 Å². The maximum absolute atomic E-state index is 12.3. The van der Waals surface area contributed by atoms with E-state index in [9.17, 15) is 13.2 Å². The van der Waals surface area contributed by atoms with Crippen LogP contribution >= 0.6 is 0 Å². The van der Waals surface area contributed by atoms with E-state index in [1.165, 1.54) is 0 Å². The summed E-state index contributed by atoms with van der Waals surface area (Å²) in [6.07, 6.45) is 3.07. The summed E-state index contributed by atoms with van der Waals surface area (Å²) in [5, 5.41) is 9.42. The number of carbonyl (C=O) groups excluding carboxylic acids is 1. The largest absolute Gasteiger partial charge is 0.366 e. The molecular formula is C19H23N5O3S. The van der Waals surface area contributed by atoms with Gasteiger partial charge in [-0.1, -0.05) is 12.1 Å². The lowest BCUT2D eigenvalue weighted by molar-refractivity contribution is 0.0966. The molecule has 4 rings (SSSR count). The first-order valence-corrected chi connectivity index (χ1v) is 10.7. The van der Waals surface area contributed by atoms with Crippen LogP contribution in [0.1, 0.15) is 40.7 Å². The highest BCUT2D eigenvalue weighted by molar-refractivity contribution is 7.71. The molecule has 1 aliphatic heterocycles. The molecule has 1 aromatic heterocycles. The van der Waals surface area contributed by atoms with Gasteiger partial charge < -0.3 is 21.7 Å². The molecule has 2 aliphatic rings. The van der Waals surface area contributed by atoms with E-state index in [0.29, 0.717) is 35.0 Å². The Balaban J connectivity index is 1.64. The van der Waals surface area contributed by atoms with Crippen molar-refractivity contribution in [1.82, 2.24) is 10.3 Å². The number of aromatic nitrogens is 1. The van der Waals surface area contributed by atoms with Gasteiger partial charge in [-0.25, -0.2) is 13.4 Å². The molecule has 8 nitrogen and oxygen atoms in total. The summed E-state index contributed by atoms with van der Waals surface area (Å²) in [7, 11) is -2.51. The van der Waals surface area contributed by atoms with Gasteiger partial charge in [-0.2, -0.15) is 0 Å². The average molecular weight is 401 g/mol. The number of benzene rings is 1. The Hall–Kier alpha value is -2.65. The quantitative estimate of drug-likeness (QED) is 0.464. The first-order valence-electron chi connectivity index (χ1n) is 9.31. The number of carbonyl (C=O) groups is 1. The van der Waals surface area contributed by atoms with Gasteiger partial charge in [-0.3, -0.25) is 4.79 Å². The molecule has 2 heterocycles. The summed E-state index contributed by atoms with van der Waals surface area (Å²) in [6.45, 7) is 0.452.